The molecular formula is C54H46N2. The molecule has 9 rings (SSSR count). The van der Waals surface area contributed by atoms with E-state index >= 15 is 0 Å². The molecule has 0 aliphatic heterocycles. The zero-order valence-electron chi connectivity index (χ0n) is 32.2. The normalized spacial score (nSPS) is 17.0. The van der Waals surface area contributed by atoms with Crippen molar-refractivity contribution in [3.8, 4) is 44.5 Å². The van der Waals surface area contributed by atoms with Crippen molar-refractivity contribution < 1.29 is 0 Å². The molecule has 1 aliphatic rings. The highest BCUT2D eigenvalue weighted by Crippen LogP contribution is 2.55. The molecule has 0 radical (unpaired) electrons. The third-order valence-electron chi connectivity index (χ3n) is 12.2. The van der Waals surface area contributed by atoms with E-state index in [1.165, 1.54) is 61.2 Å². The average molecular weight is 723 g/mol. The molecule has 2 N–H and O–H groups in total. The summed E-state index contributed by atoms with van der Waals surface area (Å²) in [5.41, 5.74) is 23.6. The van der Waals surface area contributed by atoms with Gasteiger partial charge < -0.3 is 10.6 Å². The second-order valence-electron chi connectivity index (χ2n) is 15.8. The van der Waals surface area contributed by atoms with Crippen molar-refractivity contribution in [2.45, 2.75) is 37.6 Å². The molecule has 8 aromatic carbocycles. The van der Waals surface area contributed by atoms with Gasteiger partial charge in [0.2, 0.25) is 0 Å². The van der Waals surface area contributed by atoms with Crippen LogP contribution in [0.4, 0.5) is 17.1 Å². The lowest BCUT2D eigenvalue weighted by Crippen LogP contribution is -2.48. The van der Waals surface area contributed by atoms with Crippen LogP contribution in [0.15, 0.2) is 206 Å². The molecule has 2 atom stereocenters. The maximum atomic E-state index is 7.41. The van der Waals surface area contributed by atoms with Crippen molar-refractivity contribution in [3.63, 3.8) is 0 Å². The van der Waals surface area contributed by atoms with Gasteiger partial charge in [-0.15, -0.1) is 0 Å². The first-order chi connectivity index (χ1) is 27.3. The molecule has 0 fully saturated rings. The van der Waals surface area contributed by atoms with E-state index in [9.17, 15) is 0 Å². The SMILES string of the molecule is CC1(C)c2cccc(-c3ccc(-c4ccccc4)cc3)c2C(C)(c2ccc(N(c3ccc(-c4ccccc4)cc3)c3ccc(-c4ccccc4)cc3)cc2)C1N. The second kappa shape index (κ2) is 14.3. The predicted octanol–water partition coefficient (Wildman–Crippen LogP) is 13.7. The first-order valence-electron chi connectivity index (χ1n) is 19.6. The fourth-order valence-electron chi connectivity index (χ4n) is 9.00. The van der Waals surface area contributed by atoms with Crippen molar-refractivity contribution in [2.75, 3.05) is 4.90 Å². The molecule has 1 aliphatic carbocycles. The minimum atomic E-state index is -0.425. The number of anilines is 3. The number of rotatable bonds is 8. The van der Waals surface area contributed by atoms with Crippen LogP contribution in [-0.2, 0) is 10.8 Å². The molecule has 0 aromatic heterocycles. The first kappa shape index (κ1) is 35.2. The molecule has 0 spiro atoms. The summed E-state index contributed by atoms with van der Waals surface area (Å²) in [6.07, 6.45) is 0. The van der Waals surface area contributed by atoms with E-state index < -0.39 is 5.41 Å². The zero-order valence-corrected chi connectivity index (χ0v) is 32.2. The van der Waals surface area contributed by atoms with Crippen molar-refractivity contribution in [1.82, 2.24) is 0 Å². The van der Waals surface area contributed by atoms with Gasteiger partial charge in [-0.25, -0.2) is 0 Å². The maximum absolute atomic E-state index is 7.41. The first-order valence-corrected chi connectivity index (χ1v) is 19.6. The second-order valence-corrected chi connectivity index (χ2v) is 15.8. The monoisotopic (exact) mass is 722 g/mol. The van der Waals surface area contributed by atoms with Gasteiger partial charge in [-0.3, -0.25) is 0 Å². The van der Waals surface area contributed by atoms with E-state index in [-0.39, 0.29) is 11.5 Å². The average Bonchev–Trinajstić information content (AvgIpc) is 3.43. The van der Waals surface area contributed by atoms with Gasteiger partial charge in [-0.05, 0) is 105 Å². The molecule has 0 saturated heterocycles. The Balaban J connectivity index is 1.11. The van der Waals surface area contributed by atoms with Gasteiger partial charge in [0.25, 0.3) is 0 Å². The highest BCUT2D eigenvalue weighted by Gasteiger charge is 2.53. The number of nitrogens with zero attached hydrogens (tertiary/aromatic N) is 1. The third-order valence-corrected chi connectivity index (χ3v) is 12.2. The van der Waals surface area contributed by atoms with E-state index in [4.69, 9.17) is 5.73 Å². The van der Waals surface area contributed by atoms with Crippen LogP contribution in [0.2, 0.25) is 0 Å². The Morgan fingerprint density at radius 3 is 1.16 bits per heavy atom. The van der Waals surface area contributed by atoms with Gasteiger partial charge in [0, 0.05) is 33.9 Å². The Bertz CT molecular complexity index is 2490. The van der Waals surface area contributed by atoms with Crippen molar-refractivity contribution in [2.24, 2.45) is 5.73 Å². The molecule has 2 unspecified atom stereocenters. The molecule has 2 nitrogen and oxygen atoms in total. The van der Waals surface area contributed by atoms with Crippen molar-refractivity contribution >= 4 is 17.1 Å². The van der Waals surface area contributed by atoms with Crippen LogP contribution in [0.3, 0.4) is 0 Å². The van der Waals surface area contributed by atoms with Crippen LogP contribution in [0, 0.1) is 0 Å². The summed E-state index contributed by atoms with van der Waals surface area (Å²) in [6, 6.07) is 74.3. The van der Waals surface area contributed by atoms with Crippen LogP contribution in [0.25, 0.3) is 44.5 Å². The standard InChI is InChI=1S/C54H46N2/c1-53(2)50-21-13-20-49(44-24-22-41(23-25-44)38-14-7-4-8-15-38)51(50)54(3,52(53)55)45-30-36-48(37-31-45)56(46-32-26-42(27-33-46)39-16-9-5-10-17-39)47-34-28-43(29-35-47)40-18-11-6-12-19-40/h4-37,52H,55H2,1-3H3. The highest BCUT2D eigenvalue weighted by atomic mass is 15.1. The number of fused-ring (bicyclic) bond motifs is 1. The third kappa shape index (κ3) is 6.13. The quantitative estimate of drug-likeness (QED) is 0.169. The van der Waals surface area contributed by atoms with Crippen molar-refractivity contribution in [1.29, 1.82) is 0 Å². The van der Waals surface area contributed by atoms with Crippen LogP contribution < -0.4 is 10.6 Å². The topological polar surface area (TPSA) is 29.3 Å². The molecule has 2 heteroatoms. The maximum Gasteiger partial charge on any atom is 0.0462 e. The van der Waals surface area contributed by atoms with E-state index in [0.29, 0.717) is 0 Å². The summed E-state index contributed by atoms with van der Waals surface area (Å²) in [5, 5.41) is 0. The smallest absolute Gasteiger partial charge is 0.0462 e. The summed E-state index contributed by atoms with van der Waals surface area (Å²) in [5.74, 6) is 0. The lowest BCUT2D eigenvalue weighted by Gasteiger charge is -2.37. The van der Waals surface area contributed by atoms with Gasteiger partial charge in [0.15, 0.2) is 0 Å². The van der Waals surface area contributed by atoms with E-state index in [0.717, 1.165) is 17.1 Å². The largest absolute Gasteiger partial charge is 0.326 e. The number of hydrogen-bond donors (Lipinski definition) is 1. The molecule has 8 aromatic rings. The summed E-state index contributed by atoms with van der Waals surface area (Å²) in [7, 11) is 0. The van der Waals surface area contributed by atoms with Crippen LogP contribution >= 0.6 is 0 Å². The molecule has 56 heavy (non-hydrogen) atoms. The van der Waals surface area contributed by atoms with Crippen molar-refractivity contribution in [3.05, 3.63) is 223 Å². The summed E-state index contributed by atoms with van der Waals surface area (Å²) >= 11 is 0. The van der Waals surface area contributed by atoms with E-state index in [2.05, 4.69) is 232 Å². The Kier molecular flexibility index (Phi) is 9.00. The van der Waals surface area contributed by atoms with Gasteiger partial charge in [-0.2, -0.15) is 0 Å². The highest BCUT2D eigenvalue weighted by molar-refractivity contribution is 5.81. The molecule has 0 amide bonds. The zero-order chi connectivity index (χ0) is 38.3. The van der Waals surface area contributed by atoms with Crippen LogP contribution in [-0.4, -0.2) is 6.04 Å². The van der Waals surface area contributed by atoms with Gasteiger partial charge >= 0.3 is 0 Å². The van der Waals surface area contributed by atoms with Gasteiger partial charge in [-0.1, -0.05) is 184 Å². The fraction of sp³-hybridized carbons (Fsp3) is 0.111. The minimum Gasteiger partial charge on any atom is -0.326 e. The predicted molar refractivity (Wildman–Crippen MR) is 237 cm³/mol. The lowest BCUT2D eigenvalue weighted by atomic mass is 9.70. The van der Waals surface area contributed by atoms with Crippen LogP contribution in [0.5, 0.6) is 0 Å². The molecule has 0 saturated carbocycles. The number of hydrogen-bond acceptors (Lipinski definition) is 2. The van der Waals surface area contributed by atoms with E-state index in [1.54, 1.807) is 0 Å². The fourth-order valence-corrected chi connectivity index (χ4v) is 9.00. The Morgan fingerprint density at radius 1 is 0.375 bits per heavy atom. The molecule has 272 valence electrons. The Labute approximate surface area is 331 Å². The Hall–Kier alpha value is -6.48. The number of benzene rings is 8. The Morgan fingerprint density at radius 2 is 0.732 bits per heavy atom. The lowest BCUT2D eigenvalue weighted by molar-refractivity contribution is 0.350. The van der Waals surface area contributed by atoms with Crippen LogP contribution in [0.1, 0.15) is 37.5 Å². The van der Waals surface area contributed by atoms with E-state index in [1.807, 2.05) is 0 Å². The molecule has 0 bridgehead atoms. The molecular weight excluding hydrogens is 677 g/mol. The summed E-state index contributed by atoms with van der Waals surface area (Å²) < 4.78 is 0. The molecule has 0 heterocycles. The number of nitrogens with two attached hydrogens (primary N) is 1. The summed E-state index contributed by atoms with van der Waals surface area (Å²) in [4.78, 5) is 2.35. The minimum absolute atomic E-state index is 0.132. The van der Waals surface area contributed by atoms with Gasteiger partial charge in [0.05, 0.1) is 0 Å². The van der Waals surface area contributed by atoms with Gasteiger partial charge in [0.1, 0.15) is 0 Å². The summed E-state index contributed by atoms with van der Waals surface area (Å²) in [6.45, 7) is 6.96.